The molecule has 2 aliphatic heterocycles. The minimum Gasteiger partial charge on any atom is -0.377 e. The maximum atomic E-state index is 6.93. The first-order chi connectivity index (χ1) is 9.26. The van der Waals surface area contributed by atoms with Gasteiger partial charge in [0.05, 0.1) is 6.10 Å². The molecule has 3 aliphatic rings. The van der Waals surface area contributed by atoms with Crippen LogP contribution in [-0.4, -0.2) is 42.8 Å². The van der Waals surface area contributed by atoms with Gasteiger partial charge in [0, 0.05) is 36.6 Å². The van der Waals surface area contributed by atoms with E-state index in [1.807, 2.05) is 0 Å². The molecule has 3 atom stereocenters. The smallest absolute Gasteiger partial charge is 0.0690 e. The van der Waals surface area contributed by atoms with Crippen LogP contribution in [0.3, 0.4) is 0 Å². The van der Waals surface area contributed by atoms with Gasteiger partial charge in [0.15, 0.2) is 0 Å². The first-order valence-corrected chi connectivity index (χ1v) is 8.39. The summed E-state index contributed by atoms with van der Waals surface area (Å²) in [6.07, 6.45) is 5.48. The van der Waals surface area contributed by atoms with Gasteiger partial charge in [0.1, 0.15) is 0 Å². The van der Waals surface area contributed by atoms with E-state index in [0.717, 1.165) is 13.2 Å². The SMILES string of the molecule is CC1(C)CCCN(CC2(N)C3CCCOC3C2(C)C)C1. The molecule has 20 heavy (non-hydrogen) atoms. The summed E-state index contributed by atoms with van der Waals surface area (Å²) < 4.78 is 6.02. The van der Waals surface area contributed by atoms with Crippen molar-refractivity contribution < 1.29 is 4.74 Å². The van der Waals surface area contributed by atoms with Crippen molar-refractivity contribution in [3.05, 3.63) is 0 Å². The van der Waals surface area contributed by atoms with Gasteiger partial charge in [0.2, 0.25) is 0 Å². The van der Waals surface area contributed by atoms with Crippen LogP contribution in [0.5, 0.6) is 0 Å². The molecule has 1 saturated carbocycles. The van der Waals surface area contributed by atoms with Gasteiger partial charge >= 0.3 is 0 Å². The Morgan fingerprint density at radius 1 is 1.20 bits per heavy atom. The molecule has 0 aromatic carbocycles. The van der Waals surface area contributed by atoms with Crippen LogP contribution >= 0.6 is 0 Å². The second kappa shape index (κ2) is 4.69. The van der Waals surface area contributed by atoms with Crippen LogP contribution in [0.4, 0.5) is 0 Å². The monoisotopic (exact) mass is 280 g/mol. The minimum absolute atomic E-state index is 0.0640. The van der Waals surface area contributed by atoms with Gasteiger partial charge in [-0.2, -0.15) is 0 Å². The molecule has 3 nitrogen and oxygen atoms in total. The van der Waals surface area contributed by atoms with Crippen LogP contribution in [0.1, 0.15) is 53.4 Å². The van der Waals surface area contributed by atoms with Crippen LogP contribution in [0.2, 0.25) is 0 Å². The van der Waals surface area contributed by atoms with Gasteiger partial charge in [-0.3, -0.25) is 0 Å². The average Bonchev–Trinajstić information content (AvgIpc) is 2.37. The van der Waals surface area contributed by atoms with Gasteiger partial charge in [-0.25, -0.2) is 0 Å². The quantitative estimate of drug-likeness (QED) is 0.845. The Morgan fingerprint density at radius 2 is 1.95 bits per heavy atom. The van der Waals surface area contributed by atoms with Crippen LogP contribution in [-0.2, 0) is 4.74 Å². The Hall–Kier alpha value is -0.120. The number of piperidine rings is 1. The summed E-state index contributed by atoms with van der Waals surface area (Å²) in [5.74, 6) is 0.566. The van der Waals surface area contributed by atoms with Crippen molar-refractivity contribution in [2.24, 2.45) is 22.5 Å². The summed E-state index contributed by atoms with van der Waals surface area (Å²) in [6.45, 7) is 13.8. The maximum absolute atomic E-state index is 6.93. The highest BCUT2D eigenvalue weighted by atomic mass is 16.5. The highest BCUT2D eigenvalue weighted by molar-refractivity contribution is 5.21. The van der Waals surface area contributed by atoms with Crippen molar-refractivity contribution in [2.75, 3.05) is 26.2 Å². The fourth-order valence-corrected chi connectivity index (χ4v) is 5.04. The molecule has 2 N–H and O–H groups in total. The largest absolute Gasteiger partial charge is 0.377 e. The van der Waals surface area contributed by atoms with Crippen molar-refractivity contribution in [3.8, 4) is 0 Å². The van der Waals surface area contributed by atoms with Crippen molar-refractivity contribution in [1.29, 1.82) is 0 Å². The molecule has 0 spiro atoms. The first kappa shape index (κ1) is 14.8. The highest BCUT2D eigenvalue weighted by Crippen LogP contribution is 2.57. The number of hydrogen-bond acceptors (Lipinski definition) is 3. The second-order valence-electron chi connectivity index (χ2n) is 8.78. The number of fused-ring (bicyclic) bond motifs is 1. The maximum Gasteiger partial charge on any atom is 0.0690 e. The van der Waals surface area contributed by atoms with Gasteiger partial charge in [0.25, 0.3) is 0 Å². The summed E-state index contributed by atoms with van der Waals surface area (Å²) >= 11 is 0. The van der Waals surface area contributed by atoms with Crippen molar-refractivity contribution in [1.82, 2.24) is 4.90 Å². The molecule has 0 aromatic rings. The zero-order valence-corrected chi connectivity index (χ0v) is 13.7. The lowest BCUT2D eigenvalue weighted by atomic mass is 9.46. The molecule has 3 heteroatoms. The molecule has 3 unspecified atom stereocenters. The number of ether oxygens (including phenoxy) is 1. The molecule has 2 heterocycles. The predicted molar refractivity (Wildman–Crippen MR) is 82.6 cm³/mol. The molecule has 116 valence electrons. The Bertz CT molecular complexity index is 379. The van der Waals surface area contributed by atoms with Crippen molar-refractivity contribution >= 4 is 0 Å². The lowest BCUT2D eigenvalue weighted by Crippen LogP contribution is -2.80. The summed E-state index contributed by atoms with van der Waals surface area (Å²) in [5, 5.41) is 0. The zero-order chi connectivity index (χ0) is 14.6. The summed E-state index contributed by atoms with van der Waals surface area (Å²) in [5.41, 5.74) is 7.43. The summed E-state index contributed by atoms with van der Waals surface area (Å²) in [6, 6.07) is 0. The molecule has 0 bridgehead atoms. The topological polar surface area (TPSA) is 38.5 Å². The molecular formula is C17H32N2O. The number of likely N-dealkylation sites (tertiary alicyclic amines) is 1. The van der Waals surface area contributed by atoms with Gasteiger partial charge in [-0.15, -0.1) is 0 Å². The minimum atomic E-state index is -0.0640. The molecule has 0 radical (unpaired) electrons. The number of nitrogens with two attached hydrogens (primary N) is 1. The Kier molecular flexibility index (Phi) is 3.47. The van der Waals surface area contributed by atoms with Gasteiger partial charge in [-0.05, 0) is 37.6 Å². The third-order valence-electron chi connectivity index (χ3n) is 6.36. The van der Waals surface area contributed by atoms with Crippen LogP contribution in [0.15, 0.2) is 0 Å². The second-order valence-corrected chi connectivity index (χ2v) is 8.78. The first-order valence-electron chi connectivity index (χ1n) is 8.39. The molecule has 2 saturated heterocycles. The highest BCUT2D eigenvalue weighted by Gasteiger charge is 2.66. The molecule has 3 rings (SSSR count). The fourth-order valence-electron chi connectivity index (χ4n) is 5.04. The Balaban J connectivity index is 1.72. The fraction of sp³-hybridized carbons (Fsp3) is 1.00. The number of hydrogen-bond donors (Lipinski definition) is 1. The predicted octanol–water partition coefficient (Wildman–Crippen LogP) is 2.64. The van der Waals surface area contributed by atoms with Crippen LogP contribution < -0.4 is 5.73 Å². The van der Waals surface area contributed by atoms with Crippen LogP contribution in [0.25, 0.3) is 0 Å². The third kappa shape index (κ3) is 2.13. The van der Waals surface area contributed by atoms with E-state index in [4.69, 9.17) is 10.5 Å². The summed E-state index contributed by atoms with van der Waals surface area (Å²) in [4.78, 5) is 2.62. The van der Waals surface area contributed by atoms with E-state index < -0.39 is 0 Å². The number of nitrogens with zero attached hydrogens (tertiary/aromatic N) is 1. The average molecular weight is 280 g/mol. The van der Waals surface area contributed by atoms with Crippen molar-refractivity contribution in [2.45, 2.75) is 65.0 Å². The van der Waals surface area contributed by atoms with Crippen molar-refractivity contribution in [3.63, 3.8) is 0 Å². The van der Waals surface area contributed by atoms with E-state index >= 15 is 0 Å². The molecule has 1 aliphatic carbocycles. The van der Waals surface area contributed by atoms with Crippen LogP contribution in [0, 0.1) is 16.7 Å². The standard InChI is InChI=1S/C17H32N2O/c1-15(2)8-6-9-19(11-15)12-17(18)13-7-5-10-20-14(13)16(17,3)4/h13-14H,5-12,18H2,1-4H3. The van der Waals surface area contributed by atoms with Gasteiger partial charge < -0.3 is 15.4 Å². The third-order valence-corrected chi connectivity index (χ3v) is 6.36. The Morgan fingerprint density at radius 3 is 2.65 bits per heavy atom. The van der Waals surface area contributed by atoms with E-state index in [9.17, 15) is 0 Å². The normalized spacial score (nSPS) is 43.6. The van der Waals surface area contributed by atoms with E-state index in [1.54, 1.807) is 0 Å². The lowest BCUT2D eigenvalue weighted by molar-refractivity contribution is -0.233. The van der Waals surface area contributed by atoms with E-state index in [1.165, 1.54) is 38.8 Å². The van der Waals surface area contributed by atoms with Gasteiger partial charge in [-0.1, -0.05) is 27.7 Å². The molecule has 0 amide bonds. The Labute approximate surface area is 124 Å². The van der Waals surface area contributed by atoms with E-state index in [-0.39, 0.29) is 11.0 Å². The molecular weight excluding hydrogens is 248 g/mol. The van der Waals surface area contributed by atoms with E-state index in [0.29, 0.717) is 17.4 Å². The molecule has 0 aromatic heterocycles. The zero-order valence-electron chi connectivity index (χ0n) is 13.7. The summed E-state index contributed by atoms with van der Waals surface area (Å²) in [7, 11) is 0. The van der Waals surface area contributed by atoms with E-state index in [2.05, 4.69) is 32.6 Å². The number of rotatable bonds is 2. The lowest BCUT2D eigenvalue weighted by Gasteiger charge is -2.67. The molecule has 3 fully saturated rings.